The van der Waals surface area contributed by atoms with Crippen LogP contribution >= 0.6 is 0 Å². The molecule has 0 aromatic heterocycles. The van der Waals surface area contributed by atoms with Gasteiger partial charge in [-0.2, -0.15) is 0 Å². The van der Waals surface area contributed by atoms with E-state index < -0.39 is 17.7 Å². The van der Waals surface area contributed by atoms with Gasteiger partial charge in [0.1, 0.15) is 11.6 Å². The highest BCUT2D eigenvalue weighted by atomic mass is 16.7. The molecule has 0 aromatic carbocycles. The van der Waals surface area contributed by atoms with Gasteiger partial charge in [-0.3, -0.25) is 9.63 Å². The Morgan fingerprint density at radius 3 is 2.15 bits per heavy atom. The predicted molar refractivity (Wildman–Crippen MR) is 77.0 cm³/mol. The summed E-state index contributed by atoms with van der Waals surface area (Å²) in [7, 11) is 2.92. The SMILES string of the molecule is CON(C)C(=O)[C@H](CCC(C)C)NC(=O)OC(C)(C)C. The Labute approximate surface area is 121 Å². The van der Waals surface area contributed by atoms with Gasteiger partial charge in [-0.1, -0.05) is 13.8 Å². The van der Waals surface area contributed by atoms with Crippen LogP contribution in [-0.4, -0.2) is 42.9 Å². The highest BCUT2D eigenvalue weighted by Gasteiger charge is 2.26. The van der Waals surface area contributed by atoms with Crippen LogP contribution in [0, 0.1) is 5.92 Å². The van der Waals surface area contributed by atoms with Gasteiger partial charge in [0.05, 0.1) is 7.11 Å². The van der Waals surface area contributed by atoms with Gasteiger partial charge in [-0.15, -0.1) is 0 Å². The zero-order chi connectivity index (χ0) is 15.9. The highest BCUT2D eigenvalue weighted by molar-refractivity contribution is 5.84. The molecule has 0 radical (unpaired) electrons. The fraction of sp³-hybridized carbons (Fsp3) is 0.857. The summed E-state index contributed by atoms with van der Waals surface area (Å²) >= 11 is 0. The Balaban J connectivity index is 4.68. The summed E-state index contributed by atoms with van der Waals surface area (Å²) < 4.78 is 5.18. The van der Waals surface area contributed by atoms with Crippen molar-refractivity contribution < 1.29 is 19.2 Å². The topological polar surface area (TPSA) is 67.9 Å². The zero-order valence-corrected chi connectivity index (χ0v) is 13.6. The molecule has 0 bridgehead atoms. The summed E-state index contributed by atoms with van der Waals surface area (Å²) in [5.41, 5.74) is -0.594. The first-order chi connectivity index (χ1) is 9.06. The van der Waals surface area contributed by atoms with E-state index in [9.17, 15) is 9.59 Å². The molecule has 20 heavy (non-hydrogen) atoms. The number of alkyl carbamates (subject to hydrolysis) is 1. The quantitative estimate of drug-likeness (QED) is 0.762. The van der Waals surface area contributed by atoms with Crippen LogP contribution in [-0.2, 0) is 14.4 Å². The van der Waals surface area contributed by atoms with E-state index in [0.29, 0.717) is 12.3 Å². The Kier molecular flexibility index (Phi) is 7.57. The number of hydrogen-bond acceptors (Lipinski definition) is 4. The lowest BCUT2D eigenvalue weighted by atomic mass is 10.0. The molecule has 0 saturated carbocycles. The molecule has 0 saturated heterocycles. The second-order valence-electron chi connectivity index (χ2n) is 6.19. The lowest BCUT2D eigenvalue weighted by Crippen LogP contribution is -2.48. The number of carbonyl (C=O) groups is 2. The smallest absolute Gasteiger partial charge is 0.408 e. The molecular formula is C14H28N2O4. The Morgan fingerprint density at radius 1 is 1.20 bits per heavy atom. The molecule has 2 amide bonds. The number of ether oxygens (including phenoxy) is 1. The molecule has 0 rings (SSSR count). The summed E-state index contributed by atoms with van der Waals surface area (Å²) in [5, 5.41) is 3.73. The fourth-order valence-electron chi connectivity index (χ4n) is 1.52. The van der Waals surface area contributed by atoms with Crippen LogP contribution in [0.5, 0.6) is 0 Å². The van der Waals surface area contributed by atoms with Crippen LogP contribution in [0.15, 0.2) is 0 Å². The molecule has 1 atom stereocenters. The molecule has 118 valence electrons. The van der Waals surface area contributed by atoms with Crippen molar-refractivity contribution in [1.29, 1.82) is 0 Å². The molecule has 6 heteroatoms. The van der Waals surface area contributed by atoms with E-state index in [1.807, 2.05) is 0 Å². The average molecular weight is 288 g/mol. The van der Waals surface area contributed by atoms with Gasteiger partial charge in [0.25, 0.3) is 5.91 Å². The van der Waals surface area contributed by atoms with E-state index in [0.717, 1.165) is 11.5 Å². The standard InChI is InChI=1S/C14H28N2O4/c1-10(2)8-9-11(12(17)16(6)19-7)15-13(18)20-14(3,4)5/h10-11H,8-9H2,1-7H3,(H,15,18)/t11-/m0/s1. The first kappa shape index (κ1) is 18.7. The van der Waals surface area contributed by atoms with Gasteiger partial charge >= 0.3 is 6.09 Å². The maximum absolute atomic E-state index is 12.1. The third kappa shape index (κ3) is 7.99. The summed E-state index contributed by atoms with van der Waals surface area (Å²) in [6.45, 7) is 9.46. The van der Waals surface area contributed by atoms with E-state index >= 15 is 0 Å². The molecule has 0 aliphatic heterocycles. The summed E-state index contributed by atoms with van der Waals surface area (Å²) in [6.07, 6.45) is 0.775. The second kappa shape index (κ2) is 8.09. The maximum atomic E-state index is 12.1. The summed E-state index contributed by atoms with van der Waals surface area (Å²) in [4.78, 5) is 28.8. The van der Waals surface area contributed by atoms with Crippen molar-refractivity contribution in [2.45, 2.75) is 59.1 Å². The normalized spacial score (nSPS) is 13.0. The van der Waals surface area contributed by atoms with Crippen molar-refractivity contribution in [2.24, 2.45) is 5.92 Å². The molecule has 0 aliphatic rings. The van der Waals surface area contributed by atoms with Crippen LogP contribution in [0.4, 0.5) is 4.79 Å². The van der Waals surface area contributed by atoms with Gasteiger partial charge in [0, 0.05) is 7.05 Å². The maximum Gasteiger partial charge on any atom is 0.408 e. The first-order valence-corrected chi connectivity index (χ1v) is 6.88. The van der Waals surface area contributed by atoms with Crippen molar-refractivity contribution in [3.05, 3.63) is 0 Å². The van der Waals surface area contributed by atoms with Crippen LogP contribution < -0.4 is 5.32 Å². The third-order valence-corrected chi connectivity index (χ3v) is 2.61. The minimum atomic E-state index is -0.641. The van der Waals surface area contributed by atoms with Crippen molar-refractivity contribution >= 4 is 12.0 Å². The number of hydroxylamine groups is 2. The third-order valence-electron chi connectivity index (χ3n) is 2.61. The van der Waals surface area contributed by atoms with E-state index in [2.05, 4.69) is 19.2 Å². The predicted octanol–water partition coefficient (Wildman–Crippen LogP) is 2.34. The monoisotopic (exact) mass is 288 g/mol. The molecule has 0 fully saturated rings. The number of rotatable bonds is 6. The van der Waals surface area contributed by atoms with E-state index in [-0.39, 0.29) is 5.91 Å². The second-order valence-corrected chi connectivity index (χ2v) is 6.19. The first-order valence-electron chi connectivity index (χ1n) is 6.88. The van der Waals surface area contributed by atoms with E-state index in [1.54, 1.807) is 20.8 Å². The Bertz CT molecular complexity index is 324. The van der Waals surface area contributed by atoms with Crippen molar-refractivity contribution in [3.63, 3.8) is 0 Å². The largest absolute Gasteiger partial charge is 0.444 e. The Hall–Kier alpha value is -1.30. The minimum Gasteiger partial charge on any atom is -0.444 e. The van der Waals surface area contributed by atoms with Gasteiger partial charge in [-0.05, 0) is 39.5 Å². The van der Waals surface area contributed by atoms with E-state index in [1.165, 1.54) is 14.2 Å². The number of amides is 2. The molecule has 6 nitrogen and oxygen atoms in total. The van der Waals surface area contributed by atoms with Crippen LogP contribution in [0.1, 0.15) is 47.5 Å². The van der Waals surface area contributed by atoms with Crippen molar-refractivity contribution in [3.8, 4) is 0 Å². The van der Waals surface area contributed by atoms with Crippen molar-refractivity contribution in [2.75, 3.05) is 14.2 Å². The molecule has 1 N–H and O–H groups in total. The number of carbonyl (C=O) groups excluding carboxylic acids is 2. The average Bonchev–Trinajstić information content (AvgIpc) is 2.29. The van der Waals surface area contributed by atoms with Gasteiger partial charge in [-0.25, -0.2) is 9.86 Å². The lowest BCUT2D eigenvalue weighted by Gasteiger charge is -2.25. The van der Waals surface area contributed by atoms with Crippen LogP contribution in [0.3, 0.4) is 0 Å². The minimum absolute atomic E-state index is 0.293. The van der Waals surface area contributed by atoms with Gasteiger partial charge < -0.3 is 10.1 Å². The number of hydrogen-bond donors (Lipinski definition) is 1. The lowest BCUT2D eigenvalue weighted by molar-refractivity contribution is -0.171. The molecule has 0 spiro atoms. The highest BCUT2D eigenvalue weighted by Crippen LogP contribution is 2.11. The molecule has 0 aliphatic carbocycles. The Morgan fingerprint density at radius 2 is 1.75 bits per heavy atom. The molecular weight excluding hydrogens is 260 g/mol. The van der Waals surface area contributed by atoms with Crippen LogP contribution in [0.25, 0.3) is 0 Å². The van der Waals surface area contributed by atoms with E-state index in [4.69, 9.17) is 9.57 Å². The molecule has 0 unspecified atom stereocenters. The fourth-order valence-corrected chi connectivity index (χ4v) is 1.52. The summed E-state index contributed by atoms with van der Waals surface area (Å²) in [6, 6.07) is -0.641. The van der Waals surface area contributed by atoms with Gasteiger partial charge in [0.15, 0.2) is 0 Å². The molecule has 0 heterocycles. The van der Waals surface area contributed by atoms with Crippen molar-refractivity contribution in [1.82, 2.24) is 10.4 Å². The number of nitrogens with zero attached hydrogens (tertiary/aromatic N) is 1. The molecule has 0 aromatic rings. The van der Waals surface area contributed by atoms with Crippen LogP contribution in [0.2, 0.25) is 0 Å². The summed E-state index contributed by atoms with van der Waals surface area (Å²) in [5.74, 6) is 0.151. The van der Waals surface area contributed by atoms with Gasteiger partial charge in [0.2, 0.25) is 0 Å². The zero-order valence-electron chi connectivity index (χ0n) is 13.6. The number of likely N-dealkylation sites (N-methyl/N-ethyl adjacent to an activating group) is 1. The number of nitrogens with one attached hydrogen (secondary N) is 1.